The van der Waals surface area contributed by atoms with Gasteiger partial charge in [-0.3, -0.25) is 0 Å². The molecule has 0 aromatic heterocycles. The second kappa shape index (κ2) is 6.02. The summed E-state index contributed by atoms with van der Waals surface area (Å²) in [6.45, 7) is 0. The Balaban J connectivity index is 1.99. The molecule has 0 radical (unpaired) electrons. The lowest BCUT2D eigenvalue weighted by atomic mass is 10.3. The maximum Gasteiger partial charge on any atom is 0.266 e. The van der Waals surface area contributed by atoms with Gasteiger partial charge in [-0.15, -0.1) is 0 Å². The SMILES string of the molecule is COc1cccc(NC(=S)Oc2ccccc2)c1. The van der Waals surface area contributed by atoms with Crippen molar-refractivity contribution in [2.45, 2.75) is 0 Å². The maximum atomic E-state index is 5.47. The van der Waals surface area contributed by atoms with Crippen molar-refractivity contribution in [1.29, 1.82) is 0 Å². The van der Waals surface area contributed by atoms with Crippen molar-refractivity contribution >= 4 is 23.1 Å². The molecule has 18 heavy (non-hydrogen) atoms. The predicted octanol–water partition coefficient (Wildman–Crippen LogP) is 3.47. The van der Waals surface area contributed by atoms with Crippen LogP contribution in [0.5, 0.6) is 11.5 Å². The molecule has 0 atom stereocenters. The summed E-state index contributed by atoms with van der Waals surface area (Å²) in [4.78, 5) is 0. The molecule has 2 aromatic carbocycles. The van der Waals surface area contributed by atoms with Gasteiger partial charge in [0.25, 0.3) is 5.17 Å². The first kappa shape index (κ1) is 12.4. The van der Waals surface area contributed by atoms with E-state index in [1.165, 1.54) is 0 Å². The molecule has 4 heteroatoms. The lowest BCUT2D eigenvalue weighted by Gasteiger charge is -2.10. The molecule has 0 heterocycles. The third kappa shape index (κ3) is 3.46. The highest BCUT2D eigenvalue weighted by molar-refractivity contribution is 7.80. The third-order valence-electron chi connectivity index (χ3n) is 2.27. The molecule has 3 nitrogen and oxygen atoms in total. The van der Waals surface area contributed by atoms with Crippen LogP contribution >= 0.6 is 12.2 Å². The van der Waals surface area contributed by atoms with E-state index in [-0.39, 0.29) is 0 Å². The summed E-state index contributed by atoms with van der Waals surface area (Å²) in [5, 5.41) is 3.29. The molecular formula is C14H13NO2S. The van der Waals surface area contributed by atoms with Gasteiger partial charge in [0, 0.05) is 11.8 Å². The van der Waals surface area contributed by atoms with Gasteiger partial charge in [-0.2, -0.15) is 0 Å². The van der Waals surface area contributed by atoms with Crippen molar-refractivity contribution in [3.8, 4) is 11.5 Å². The Kier molecular flexibility index (Phi) is 4.15. The fourth-order valence-corrected chi connectivity index (χ4v) is 1.65. The van der Waals surface area contributed by atoms with Crippen LogP contribution in [0.3, 0.4) is 0 Å². The third-order valence-corrected chi connectivity index (χ3v) is 2.46. The number of anilines is 1. The molecule has 2 aromatic rings. The highest BCUT2D eigenvalue weighted by atomic mass is 32.1. The van der Waals surface area contributed by atoms with Crippen LogP contribution in [0.25, 0.3) is 0 Å². The van der Waals surface area contributed by atoms with E-state index < -0.39 is 0 Å². The summed E-state index contributed by atoms with van der Waals surface area (Å²) < 4.78 is 10.6. The van der Waals surface area contributed by atoms with Gasteiger partial charge >= 0.3 is 0 Å². The highest BCUT2D eigenvalue weighted by Crippen LogP contribution is 2.17. The van der Waals surface area contributed by atoms with Gasteiger partial charge in [0.1, 0.15) is 11.5 Å². The van der Waals surface area contributed by atoms with E-state index in [9.17, 15) is 0 Å². The lowest BCUT2D eigenvalue weighted by Crippen LogP contribution is -2.16. The molecule has 92 valence electrons. The molecule has 0 aliphatic carbocycles. The van der Waals surface area contributed by atoms with Gasteiger partial charge in [-0.05, 0) is 36.5 Å². The molecule has 0 aliphatic rings. The molecular weight excluding hydrogens is 246 g/mol. The molecule has 0 unspecified atom stereocenters. The number of thiocarbonyl (C=S) groups is 1. The van der Waals surface area contributed by atoms with Gasteiger partial charge in [0.05, 0.1) is 7.11 Å². The van der Waals surface area contributed by atoms with Crippen LogP contribution in [0.15, 0.2) is 54.6 Å². The standard InChI is InChI=1S/C14H13NO2S/c1-16-13-9-5-6-11(10-13)15-14(18)17-12-7-3-2-4-8-12/h2-10H,1H3,(H,15,18). The first-order valence-corrected chi connectivity index (χ1v) is 5.87. The van der Waals surface area contributed by atoms with Gasteiger partial charge < -0.3 is 14.8 Å². The minimum Gasteiger partial charge on any atom is -0.497 e. The van der Waals surface area contributed by atoms with Crippen molar-refractivity contribution in [2.75, 3.05) is 12.4 Å². The van der Waals surface area contributed by atoms with Gasteiger partial charge in [-0.1, -0.05) is 24.3 Å². The van der Waals surface area contributed by atoms with E-state index in [0.29, 0.717) is 10.9 Å². The molecule has 0 saturated carbocycles. The largest absolute Gasteiger partial charge is 0.497 e. The van der Waals surface area contributed by atoms with Crippen molar-refractivity contribution in [3.63, 3.8) is 0 Å². The van der Waals surface area contributed by atoms with Crippen molar-refractivity contribution in [1.82, 2.24) is 0 Å². The van der Waals surface area contributed by atoms with Crippen molar-refractivity contribution in [2.24, 2.45) is 0 Å². The fraction of sp³-hybridized carbons (Fsp3) is 0.0714. The number of ether oxygens (including phenoxy) is 2. The number of hydrogen-bond acceptors (Lipinski definition) is 3. The number of rotatable bonds is 3. The summed E-state index contributed by atoms with van der Waals surface area (Å²) >= 11 is 5.12. The van der Waals surface area contributed by atoms with E-state index in [1.807, 2.05) is 54.6 Å². The van der Waals surface area contributed by atoms with E-state index in [4.69, 9.17) is 21.7 Å². The number of para-hydroxylation sites is 1. The zero-order chi connectivity index (χ0) is 12.8. The topological polar surface area (TPSA) is 30.5 Å². The predicted molar refractivity (Wildman–Crippen MR) is 76.3 cm³/mol. The van der Waals surface area contributed by atoms with E-state index >= 15 is 0 Å². The van der Waals surface area contributed by atoms with Crippen LogP contribution in [-0.4, -0.2) is 12.3 Å². The minimum atomic E-state index is 0.300. The maximum absolute atomic E-state index is 5.47. The molecule has 0 saturated heterocycles. The van der Waals surface area contributed by atoms with Crippen molar-refractivity contribution in [3.05, 3.63) is 54.6 Å². The highest BCUT2D eigenvalue weighted by Gasteiger charge is 2.01. The Labute approximate surface area is 111 Å². The summed E-state index contributed by atoms with van der Waals surface area (Å²) in [5.74, 6) is 1.47. The van der Waals surface area contributed by atoms with Crippen LogP contribution in [0.4, 0.5) is 5.69 Å². The van der Waals surface area contributed by atoms with E-state index in [0.717, 1.165) is 11.4 Å². The zero-order valence-electron chi connectivity index (χ0n) is 9.92. The molecule has 1 N–H and O–H groups in total. The average molecular weight is 259 g/mol. The van der Waals surface area contributed by atoms with Crippen LogP contribution in [0, 0.1) is 0 Å². The summed E-state index contributed by atoms with van der Waals surface area (Å²) in [5.41, 5.74) is 0.829. The van der Waals surface area contributed by atoms with Gasteiger partial charge in [0.15, 0.2) is 0 Å². The Bertz CT molecular complexity index is 528. The minimum absolute atomic E-state index is 0.300. The van der Waals surface area contributed by atoms with Crippen molar-refractivity contribution < 1.29 is 9.47 Å². The Morgan fingerprint density at radius 3 is 2.44 bits per heavy atom. The number of methoxy groups -OCH3 is 1. The fourth-order valence-electron chi connectivity index (χ4n) is 1.44. The number of nitrogens with one attached hydrogen (secondary N) is 1. The van der Waals surface area contributed by atoms with Gasteiger partial charge in [0.2, 0.25) is 0 Å². The molecule has 0 bridgehead atoms. The molecule has 0 spiro atoms. The normalized spacial score (nSPS) is 9.61. The quantitative estimate of drug-likeness (QED) is 0.855. The number of hydrogen-bond donors (Lipinski definition) is 1. The van der Waals surface area contributed by atoms with Crippen LogP contribution in [-0.2, 0) is 0 Å². The summed E-state index contributed by atoms with van der Waals surface area (Å²) in [6, 6.07) is 16.9. The molecule has 0 aliphatic heterocycles. The summed E-state index contributed by atoms with van der Waals surface area (Å²) in [6.07, 6.45) is 0. The van der Waals surface area contributed by atoms with Crippen LogP contribution in [0.1, 0.15) is 0 Å². The second-order valence-electron chi connectivity index (χ2n) is 3.56. The first-order valence-electron chi connectivity index (χ1n) is 5.46. The van der Waals surface area contributed by atoms with Gasteiger partial charge in [-0.25, -0.2) is 0 Å². The molecule has 0 amide bonds. The molecule has 0 fully saturated rings. The summed E-state index contributed by atoms with van der Waals surface area (Å²) in [7, 11) is 1.62. The van der Waals surface area contributed by atoms with E-state index in [1.54, 1.807) is 7.11 Å². The van der Waals surface area contributed by atoms with Crippen LogP contribution in [0.2, 0.25) is 0 Å². The Hall–Kier alpha value is -2.07. The average Bonchev–Trinajstić information content (AvgIpc) is 2.40. The zero-order valence-corrected chi connectivity index (χ0v) is 10.7. The Morgan fingerprint density at radius 2 is 1.72 bits per heavy atom. The van der Waals surface area contributed by atoms with Crippen LogP contribution < -0.4 is 14.8 Å². The smallest absolute Gasteiger partial charge is 0.266 e. The molecule has 2 rings (SSSR count). The number of benzene rings is 2. The van der Waals surface area contributed by atoms with E-state index in [2.05, 4.69) is 5.32 Å². The second-order valence-corrected chi connectivity index (χ2v) is 3.93. The lowest BCUT2D eigenvalue weighted by molar-refractivity contribution is 0.415. The first-order chi connectivity index (χ1) is 8.78. The Morgan fingerprint density at radius 1 is 1.00 bits per heavy atom. The monoisotopic (exact) mass is 259 g/mol.